The van der Waals surface area contributed by atoms with Crippen LogP contribution >= 0.6 is 0 Å². The smallest absolute Gasteiger partial charge is 0.120 e. The van der Waals surface area contributed by atoms with Crippen molar-refractivity contribution >= 4 is 10.8 Å². The van der Waals surface area contributed by atoms with Crippen molar-refractivity contribution in [2.45, 2.75) is 19.4 Å². The Morgan fingerprint density at radius 2 is 1.75 bits per heavy atom. The number of rotatable bonds is 3. The predicted octanol–water partition coefficient (Wildman–Crippen LogP) is 2.96. The molecule has 0 aliphatic carbocycles. The van der Waals surface area contributed by atoms with Crippen molar-refractivity contribution in [1.82, 2.24) is 0 Å². The Hall–Kier alpha value is -1.54. The molecule has 84 valence electrons. The Balaban J connectivity index is 2.20. The average Bonchev–Trinajstić information content (AvgIpc) is 2.25. The normalized spacial score (nSPS) is 11.7. The number of hydrogen-bond acceptors (Lipinski definition) is 2. The van der Waals surface area contributed by atoms with Gasteiger partial charge in [-0.25, -0.2) is 0 Å². The van der Waals surface area contributed by atoms with Crippen LogP contribution in [0.25, 0.3) is 10.8 Å². The Bertz CT molecular complexity index is 485. The highest BCUT2D eigenvalue weighted by Gasteiger charge is 2.11. The first kappa shape index (κ1) is 11.0. The Morgan fingerprint density at radius 1 is 1.06 bits per heavy atom. The minimum Gasteiger partial charge on any atom is -0.492 e. The predicted molar refractivity (Wildman–Crippen MR) is 67.7 cm³/mol. The van der Waals surface area contributed by atoms with Crippen LogP contribution in [0.4, 0.5) is 0 Å². The van der Waals surface area contributed by atoms with Crippen molar-refractivity contribution in [2.75, 3.05) is 6.61 Å². The molecule has 0 saturated heterocycles. The largest absolute Gasteiger partial charge is 0.492 e. The van der Waals surface area contributed by atoms with E-state index in [-0.39, 0.29) is 5.54 Å². The summed E-state index contributed by atoms with van der Waals surface area (Å²) in [7, 11) is 0. The van der Waals surface area contributed by atoms with E-state index in [0.717, 1.165) is 5.75 Å². The lowest BCUT2D eigenvalue weighted by Gasteiger charge is -2.19. The van der Waals surface area contributed by atoms with Gasteiger partial charge in [-0.2, -0.15) is 0 Å². The molecule has 0 fully saturated rings. The maximum atomic E-state index is 5.87. The summed E-state index contributed by atoms with van der Waals surface area (Å²) < 4.78 is 5.65. The summed E-state index contributed by atoms with van der Waals surface area (Å²) in [5, 5.41) is 2.41. The molecule has 16 heavy (non-hydrogen) atoms. The van der Waals surface area contributed by atoms with Gasteiger partial charge in [-0.1, -0.05) is 30.3 Å². The molecule has 0 amide bonds. The van der Waals surface area contributed by atoms with Gasteiger partial charge in [-0.15, -0.1) is 0 Å². The summed E-state index contributed by atoms with van der Waals surface area (Å²) >= 11 is 0. The number of nitrogens with two attached hydrogens (primary N) is 1. The quantitative estimate of drug-likeness (QED) is 0.854. The van der Waals surface area contributed by atoms with Crippen LogP contribution in [-0.4, -0.2) is 12.1 Å². The Kier molecular flexibility index (Phi) is 2.84. The zero-order valence-corrected chi connectivity index (χ0v) is 9.73. The first-order valence-corrected chi connectivity index (χ1v) is 5.45. The van der Waals surface area contributed by atoms with Gasteiger partial charge in [0.25, 0.3) is 0 Å². The van der Waals surface area contributed by atoms with Gasteiger partial charge in [-0.3, -0.25) is 0 Å². The summed E-state index contributed by atoms with van der Waals surface area (Å²) in [6.07, 6.45) is 0. The summed E-state index contributed by atoms with van der Waals surface area (Å²) in [6.45, 7) is 4.42. The zero-order valence-electron chi connectivity index (χ0n) is 9.73. The number of ether oxygens (including phenoxy) is 1. The summed E-state index contributed by atoms with van der Waals surface area (Å²) in [5.74, 6) is 0.872. The van der Waals surface area contributed by atoms with Crippen LogP contribution in [0.3, 0.4) is 0 Å². The SMILES string of the molecule is CC(C)(N)COc1ccc2ccccc2c1. The van der Waals surface area contributed by atoms with Gasteiger partial charge in [0, 0.05) is 5.54 Å². The molecular formula is C14H17NO. The number of fused-ring (bicyclic) bond motifs is 1. The van der Waals surface area contributed by atoms with Crippen LogP contribution in [-0.2, 0) is 0 Å². The van der Waals surface area contributed by atoms with E-state index in [0.29, 0.717) is 6.61 Å². The average molecular weight is 215 g/mol. The third kappa shape index (κ3) is 2.74. The highest BCUT2D eigenvalue weighted by atomic mass is 16.5. The first-order chi connectivity index (χ1) is 7.54. The van der Waals surface area contributed by atoms with Gasteiger partial charge in [0.15, 0.2) is 0 Å². The van der Waals surface area contributed by atoms with Crippen LogP contribution < -0.4 is 10.5 Å². The van der Waals surface area contributed by atoms with E-state index in [2.05, 4.69) is 18.2 Å². The van der Waals surface area contributed by atoms with Crippen molar-refractivity contribution in [3.05, 3.63) is 42.5 Å². The maximum absolute atomic E-state index is 5.87. The van der Waals surface area contributed by atoms with Crippen molar-refractivity contribution < 1.29 is 4.74 Å². The van der Waals surface area contributed by atoms with Gasteiger partial charge in [0.05, 0.1) is 0 Å². The van der Waals surface area contributed by atoms with Crippen LogP contribution in [0.2, 0.25) is 0 Å². The van der Waals surface area contributed by atoms with Crippen molar-refractivity contribution in [1.29, 1.82) is 0 Å². The fourth-order valence-corrected chi connectivity index (χ4v) is 1.53. The molecule has 0 spiro atoms. The molecule has 2 aromatic rings. The molecule has 0 saturated carbocycles. The summed E-state index contributed by atoms with van der Waals surface area (Å²) in [5.41, 5.74) is 5.57. The molecule has 2 aromatic carbocycles. The lowest BCUT2D eigenvalue weighted by molar-refractivity contribution is 0.243. The molecule has 0 radical (unpaired) electrons. The summed E-state index contributed by atoms with van der Waals surface area (Å²) in [4.78, 5) is 0. The third-order valence-electron chi connectivity index (χ3n) is 2.33. The maximum Gasteiger partial charge on any atom is 0.120 e. The fraction of sp³-hybridized carbons (Fsp3) is 0.286. The Labute approximate surface area is 96.0 Å². The van der Waals surface area contributed by atoms with E-state index in [1.807, 2.05) is 38.1 Å². The lowest BCUT2D eigenvalue weighted by atomic mass is 10.1. The second-order valence-corrected chi connectivity index (χ2v) is 4.79. The molecule has 0 heterocycles. The summed E-state index contributed by atoms with van der Waals surface area (Å²) in [6, 6.07) is 14.3. The molecule has 0 unspecified atom stereocenters. The molecule has 0 bridgehead atoms. The van der Waals surface area contributed by atoms with Crippen molar-refractivity contribution in [2.24, 2.45) is 5.73 Å². The van der Waals surface area contributed by atoms with E-state index in [9.17, 15) is 0 Å². The minimum absolute atomic E-state index is 0.300. The molecule has 2 rings (SSSR count). The van der Waals surface area contributed by atoms with E-state index in [4.69, 9.17) is 10.5 Å². The minimum atomic E-state index is -0.300. The van der Waals surface area contributed by atoms with Crippen LogP contribution in [0.15, 0.2) is 42.5 Å². The standard InChI is InChI=1S/C14H17NO/c1-14(2,15)10-16-13-8-7-11-5-3-4-6-12(11)9-13/h3-9H,10,15H2,1-2H3. The topological polar surface area (TPSA) is 35.2 Å². The molecule has 2 nitrogen and oxygen atoms in total. The van der Waals surface area contributed by atoms with Gasteiger partial charge < -0.3 is 10.5 Å². The highest BCUT2D eigenvalue weighted by Crippen LogP contribution is 2.20. The number of hydrogen-bond donors (Lipinski definition) is 1. The molecule has 2 N–H and O–H groups in total. The lowest BCUT2D eigenvalue weighted by Crippen LogP contribution is -2.38. The van der Waals surface area contributed by atoms with E-state index < -0.39 is 0 Å². The fourth-order valence-electron chi connectivity index (χ4n) is 1.53. The second kappa shape index (κ2) is 4.14. The van der Waals surface area contributed by atoms with Gasteiger partial charge in [0.2, 0.25) is 0 Å². The second-order valence-electron chi connectivity index (χ2n) is 4.79. The molecular weight excluding hydrogens is 198 g/mol. The van der Waals surface area contributed by atoms with Crippen LogP contribution in [0, 0.1) is 0 Å². The third-order valence-corrected chi connectivity index (χ3v) is 2.33. The number of benzene rings is 2. The first-order valence-electron chi connectivity index (χ1n) is 5.45. The molecule has 0 atom stereocenters. The van der Waals surface area contributed by atoms with Crippen molar-refractivity contribution in [3.8, 4) is 5.75 Å². The van der Waals surface area contributed by atoms with Crippen molar-refractivity contribution in [3.63, 3.8) is 0 Å². The van der Waals surface area contributed by atoms with Crippen LogP contribution in [0.5, 0.6) is 5.75 Å². The zero-order chi connectivity index (χ0) is 11.6. The van der Waals surface area contributed by atoms with Gasteiger partial charge in [0.1, 0.15) is 12.4 Å². The van der Waals surface area contributed by atoms with E-state index >= 15 is 0 Å². The van der Waals surface area contributed by atoms with E-state index in [1.165, 1.54) is 10.8 Å². The highest BCUT2D eigenvalue weighted by molar-refractivity contribution is 5.83. The molecule has 0 aliphatic rings. The molecule has 0 aliphatic heterocycles. The van der Waals surface area contributed by atoms with Crippen LogP contribution in [0.1, 0.15) is 13.8 Å². The molecule has 2 heteroatoms. The van der Waals surface area contributed by atoms with Gasteiger partial charge >= 0.3 is 0 Å². The van der Waals surface area contributed by atoms with Gasteiger partial charge in [-0.05, 0) is 36.8 Å². The monoisotopic (exact) mass is 215 g/mol. The Morgan fingerprint density at radius 3 is 2.44 bits per heavy atom. The molecule has 0 aromatic heterocycles. The van der Waals surface area contributed by atoms with E-state index in [1.54, 1.807) is 0 Å².